The molecule has 1 aromatic carbocycles. The van der Waals surface area contributed by atoms with Crippen LogP contribution < -0.4 is 15.8 Å². The maximum absolute atomic E-state index is 13.4. The van der Waals surface area contributed by atoms with Gasteiger partial charge in [-0.2, -0.15) is 0 Å². The second kappa shape index (κ2) is 9.25. The fourth-order valence-corrected chi connectivity index (χ4v) is 3.59. The van der Waals surface area contributed by atoms with Crippen LogP contribution in [0.5, 0.6) is 5.75 Å². The maximum Gasteiger partial charge on any atom is 0.297 e. The summed E-state index contributed by atoms with van der Waals surface area (Å²) >= 11 is 0. The van der Waals surface area contributed by atoms with E-state index in [0.717, 1.165) is 26.1 Å². The third kappa shape index (κ3) is 4.62. The summed E-state index contributed by atoms with van der Waals surface area (Å²) in [5, 5.41) is 12.9. The van der Waals surface area contributed by atoms with Crippen molar-refractivity contribution in [2.45, 2.75) is 26.8 Å². The van der Waals surface area contributed by atoms with E-state index in [1.807, 2.05) is 4.90 Å². The Kier molecular flexibility index (Phi) is 6.71. The van der Waals surface area contributed by atoms with E-state index in [4.69, 9.17) is 0 Å². The molecule has 8 nitrogen and oxygen atoms in total. The number of nitrogens with one attached hydrogen (secondary N) is 1. The van der Waals surface area contributed by atoms with Crippen LogP contribution in [0.25, 0.3) is 0 Å². The van der Waals surface area contributed by atoms with Gasteiger partial charge in [0.25, 0.3) is 11.5 Å². The van der Waals surface area contributed by atoms with Gasteiger partial charge in [-0.25, -0.2) is 9.37 Å². The summed E-state index contributed by atoms with van der Waals surface area (Å²) in [7, 11) is 1.53. The summed E-state index contributed by atoms with van der Waals surface area (Å²) in [5.74, 6) is -1.30. The molecular formula is C21H28FN5O3. The van der Waals surface area contributed by atoms with Gasteiger partial charge in [-0.3, -0.25) is 19.1 Å². The van der Waals surface area contributed by atoms with Gasteiger partial charge in [-0.1, -0.05) is 19.1 Å². The smallest absolute Gasteiger partial charge is 0.297 e. The van der Waals surface area contributed by atoms with Gasteiger partial charge in [0.05, 0.1) is 0 Å². The molecular weight excluding hydrogens is 389 g/mol. The molecule has 0 bridgehead atoms. The zero-order chi connectivity index (χ0) is 21.8. The molecule has 1 aliphatic heterocycles. The third-order valence-electron chi connectivity index (χ3n) is 5.33. The Morgan fingerprint density at radius 3 is 2.60 bits per heavy atom. The van der Waals surface area contributed by atoms with Crippen molar-refractivity contribution in [2.24, 2.45) is 7.05 Å². The molecule has 9 heteroatoms. The predicted octanol–water partition coefficient (Wildman–Crippen LogP) is 1.40. The SMILES string of the molecule is CCCN1CCN(c2nc(C(=O)NCc3ccc(F)c(C)c3)c(O)c(=O)n2C)CC1. The average Bonchev–Trinajstić information content (AvgIpc) is 2.74. The lowest BCUT2D eigenvalue weighted by Crippen LogP contribution is -2.48. The minimum Gasteiger partial charge on any atom is -0.501 e. The molecule has 0 radical (unpaired) electrons. The summed E-state index contributed by atoms with van der Waals surface area (Å²) < 4.78 is 14.7. The lowest BCUT2D eigenvalue weighted by Gasteiger charge is -2.35. The van der Waals surface area contributed by atoms with Crippen molar-refractivity contribution in [2.75, 3.05) is 37.6 Å². The Bertz CT molecular complexity index is 983. The Labute approximate surface area is 174 Å². The van der Waals surface area contributed by atoms with Crippen molar-refractivity contribution >= 4 is 11.9 Å². The Hall–Kier alpha value is -2.94. The highest BCUT2D eigenvalue weighted by Crippen LogP contribution is 2.18. The quantitative estimate of drug-likeness (QED) is 0.738. The molecule has 0 aliphatic carbocycles. The van der Waals surface area contributed by atoms with E-state index in [2.05, 4.69) is 22.1 Å². The van der Waals surface area contributed by atoms with E-state index in [-0.39, 0.29) is 18.1 Å². The standard InChI is InChI=1S/C21H28FN5O3/c1-4-7-26-8-10-27(11-9-26)21-24-17(18(28)20(30)25(21)3)19(29)23-13-15-5-6-16(22)14(2)12-15/h5-6,12,28H,4,7-11,13H2,1-3H3,(H,23,29). The van der Waals surface area contributed by atoms with Crippen molar-refractivity contribution in [3.05, 3.63) is 51.2 Å². The molecule has 1 aliphatic rings. The summed E-state index contributed by atoms with van der Waals surface area (Å²) in [6, 6.07) is 4.54. The van der Waals surface area contributed by atoms with Crippen molar-refractivity contribution in [3.8, 4) is 5.75 Å². The fraction of sp³-hybridized carbons (Fsp3) is 0.476. The lowest BCUT2D eigenvalue weighted by molar-refractivity contribution is 0.0942. The van der Waals surface area contributed by atoms with Gasteiger partial charge in [0, 0.05) is 39.8 Å². The highest BCUT2D eigenvalue weighted by Gasteiger charge is 2.25. The first-order chi connectivity index (χ1) is 14.3. The molecule has 0 saturated carbocycles. The van der Waals surface area contributed by atoms with Crippen LogP contribution in [0, 0.1) is 12.7 Å². The lowest BCUT2D eigenvalue weighted by atomic mass is 10.1. The summed E-state index contributed by atoms with van der Waals surface area (Å²) in [5.41, 5.74) is 0.209. The molecule has 2 heterocycles. The van der Waals surface area contributed by atoms with E-state index in [9.17, 15) is 19.1 Å². The van der Waals surface area contributed by atoms with Gasteiger partial charge in [-0.05, 0) is 37.1 Å². The van der Waals surface area contributed by atoms with E-state index < -0.39 is 17.2 Å². The van der Waals surface area contributed by atoms with Crippen LogP contribution in [-0.4, -0.2) is 58.2 Å². The van der Waals surface area contributed by atoms with Crippen molar-refractivity contribution in [3.63, 3.8) is 0 Å². The van der Waals surface area contributed by atoms with Crippen molar-refractivity contribution < 1.29 is 14.3 Å². The zero-order valence-corrected chi connectivity index (χ0v) is 17.6. The van der Waals surface area contributed by atoms with Crippen LogP contribution in [0.3, 0.4) is 0 Å². The van der Waals surface area contributed by atoms with E-state index in [0.29, 0.717) is 30.2 Å². The largest absolute Gasteiger partial charge is 0.501 e. The van der Waals surface area contributed by atoms with Gasteiger partial charge < -0.3 is 15.3 Å². The molecule has 1 aromatic heterocycles. The van der Waals surface area contributed by atoms with Gasteiger partial charge in [0.15, 0.2) is 5.69 Å². The highest BCUT2D eigenvalue weighted by molar-refractivity contribution is 5.95. The number of aromatic nitrogens is 2. The number of rotatable bonds is 6. The first-order valence-electron chi connectivity index (χ1n) is 10.1. The van der Waals surface area contributed by atoms with Gasteiger partial charge >= 0.3 is 0 Å². The highest BCUT2D eigenvalue weighted by atomic mass is 19.1. The molecule has 30 heavy (non-hydrogen) atoms. The molecule has 1 saturated heterocycles. The summed E-state index contributed by atoms with van der Waals surface area (Å²) in [6.07, 6.45) is 1.08. The van der Waals surface area contributed by atoms with Gasteiger partial charge in [0.2, 0.25) is 11.7 Å². The molecule has 162 valence electrons. The number of piperazine rings is 1. The van der Waals surface area contributed by atoms with Crippen molar-refractivity contribution in [1.82, 2.24) is 19.8 Å². The number of carbonyl (C=O) groups excluding carboxylic acids is 1. The molecule has 3 rings (SSSR count). The number of hydrogen-bond acceptors (Lipinski definition) is 6. The normalized spacial score (nSPS) is 14.7. The molecule has 2 aromatic rings. The Balaban J connectivity index is 1.78. The zero-order valence-electron chi connectivity index (χ0n) is 17.6. The summed E-state index contributed by atoms with van der Waals surface area (Å²) in [6.45, 7) is 7.97. The molecule has 0 unspecified atom stereocenters. The summed E-state index contributed by atoms with van der Waals surface area (Å²) in [4.78, 5) is 33.8. The van der Waals surface area contributed by atoms with Gasteiger partial charge in [-0.15, -0.1) is 0 Å². The number of halogens is 1. The van der Waals surface area contributed by atoms with Crippen LogP contribution in [-0.2, 0) is 13.6 Å². The number of benzene rings is 1. The van der Waals surface area contributed by atoms with E-state index in [1.54, 1.807) is 19.1 Å². The molecule has 0 spiro atoms. The number of amides is 1. The second-order valence-electron chi connectivity index (χ2n) is 7.57. The second-order valence-corrected chi connectivity index (χ2v) is 7.57. The third-order valence-corrected chi connectivity index (χ3v) is 5.33. The number of carbonyl (C=O) groups is 1. The van der Waals surface area contributed by atoms with E-state index >= 15 is 0 Å². The first-order valence-corrected chi connectivity index (χ1v) is 10.1. The average molecular weight is 417 g/mol. The van der Waals surface area contributed by atoms with Gasteiger partial charge in [0.1, 0.15) is 5.82 Å². The minimum absolute atomic E-state index is 0.126. The van der Waals surface area contributed by atoms with Crippen LogP contribution in [0.1, 0.15) is 35.0 Å². The molecule has 1 fully saturated rings. The van der Waals surface area contributed by atoms with Crippen LogP contribution >= 0.6 is 0 Å². The predicted molar refractivity (Wildman–Crippen MR) is 112 cm³/mol. The maximum atomic E-state index is 13.4. The molecule has 1 amide bonds. The number of anilines is 1. The van der Waals surface area contributed by atoms with E-state index in [1.165, 1.54) is 17.7 Å². The number of hydrogen-bond donors (Lipinski definition) is 2. The Morgan fingerprint density at radius 2 is 1.97 bits per heavy atom. The number of nitrogens with zero attached hydrogens (tertiary/aromatic N) is 4. The Morgan fingerprint density at radius 1 is 1.27 bits per heavy atom. The topological polar surface area (TPSA) is 90.7 Å². The molecule has 0 atom stereocenters. The number of aromatic hydroxyl groups is 1. The van der Waals surface area contributed by atoms with Crippen LogP contribution in [0.4, 0.5) is 10.3 Å². The van der Waals surface area contributed by atoms with Crippen molar-refractivity contribution in [1.29, 1.82) is 0 Å². The van der Waals surface area contributed by atoms with Crippen LogP contribution in [0.2, 0.25) is 0 Å². The number of aryl methyl sites for hydroxylation is 1. The fourth-order valence-electron chi connectivity index (χ4n) is 3.59. The van der Waals surface area contributed by atoms with Crippen LogP contribution in [0.15, 0.2) is 23.0 Å². The first kappa shape index (κ1) is 21.8. The molecule has 2 N–H and O–H groups in total. The minimum atomic E-state index is -0.682. The monoisotopic (exact) mass is 417 g/mol.